The van der Waals surface area contributed by atoms with Crippen LogP contribution in [-0.2, 0) is 0 Å². The first kappa shape index (κ1) is 15.5. The van der Waals surface area contributed by atoms with E-state index in [0.717, 1.165) is 11.3 Å². The van der Waals surface area contributed by atoms with Gasteiger partial charge in [0, 0.05) is 18.0 Å². The molecule has 0 atom stereocenters. The molecule has 24 heavy (non-hydrogen) atoms. The third kappa shape index (κ3) is 3.19. The molecule has 0 unspecified atom stereocenters. The van der Waals surface area contributed by atoms with Gasteiger partial charge in [0.05, 0.1) is 13.3 Å². The average molecular weight is 321 g/mol. The van der Waals surface area contributed by atoms with Crippen LogP contribution in [0.3, 0.4) is 0 Å². The van der Waals surface area contributed by atoms with Crippen molar-refractivity contribution in [2.24, 2.45) is 5.10 Å². The lowest BCUT2D eigenvalue weighted by atomic mass is 10.2. The Morgan fingerprint density at radius 2 is 1.79 bits per heavy atom. The van der Waals surface area contributed by atoms with Crippen molar-refractivity contribution < 1.29 is 4.74 Å². The monoisotopic (exact) mass is 321 g/mol. The van der Waals surface area contributed by atoms with Gasteiger partial charge >= 0.3 is 0 Å². The molecule has 7 nitrogen and oxygen atoms in total. The lowest BCUT2D eigenvalue weighted by Gasteiger charge is -2.06. The minimum atomic E-state index is -0.318. The van der Waals surface area contributed by atoms with Crippen molar-refractivity contribution in [3.63, 3.8) is 0 Å². The molecule has 2 aromatic heterocycles. The molecule has 120 valence electrons. The zero-order chi connectivity index (χ0) is 16.9. The van der Waals surface area contributed by atoms with E-state index in [1.54, 1.807) is 44.8 Å². The molecule has 3 rings (SSSR count). The summed E-state index contributed by atoms with van der Waals surface area (Å²) in [6, 6.07) is 10.8. The van der Waals surface area contributed by atoms with Crippen molar-refractivity contribution in [2.45, 2.75) is 6.92 Å². The molecule has 0 saturated carbocycles. The van der Waals surface area contributed by atoms with E-state index in [9.17, 15) is 4.79 Å². The largest absolute Gasteiger partial charge is 0.497 e. The second-order valence-corrected chi connectivity index (χ2v) is 4.98. The highest BCUT2D eigenvalue weighted by molar-refractivity contribution is 5.79. The van der Waals surface area contributed by atoms with Gasteiger partial charge in [-0.1, -0.05) is 0 Å². The summed E-state index contributed by atoms with van der Waals surface area (Å²) in [7, 11) is 1.61. The highest BCUT2D eigenvalue weighted by Crippen LogP contribution is 2.14. The molecular formula is C17H15N5O2. The number of methoxy groups -OCH3 is 1. The van der Waals surface area contributed by atoms with E-state index < -0.39 is 0 Å². The highest BCUT2D eigenvalue weighted by Gasteiger charge is 2.10. The van der Waals surface area contributed by atoms with Gasteiger partial charge in [-0.15, -0.1) is 10.2 Å². The lowest BCUT2D eigenvalue weighted by Crippen LogP contribution is -2.24. The zero-order valence-electron chi connectivity index (χ0n) is 13.2. The van der Waals surface area contributed by atoms with Crippen LogP contribution in [0.1, 0.15) is 11.3 Å². The minimum Gasteiger partial charge on any atom is -0.497 e. The number of hydrogen-bond acceptors (Lipinski definition) is 6. The Labute approximate surface area is 138 Å². The third-order valence-corrected chi connectivity index (χ3v) is 3.37. The smallest absolute Gasteiger partial charge is 0.296 e. The van der Waals surface area contributed by atoms with Gasteiger partial charge in [-0.2, -0.15) is 9.78 Å². The topological polar surface area (TPSA) is 82.3 Å². The molecule has 0 radical (unpaired) electrons. The van der Waals surface area contributed by atoms with Gasteiger partial charge in [0.25, 0.3) is 5.56 Å². The maximum atomic E-state index is 12.4. The van der Waals surface area contributed by atoms with Crippen molar-refractivity contribution in [3.05, 3.63) is 70.4 Å². The predicted octanol–water partition coefficient (Wildman–Crippen LogP) is 1.90. The summed E-state index contributed by atoms with van der Waals surface area (Å²) < 4.78 is 6.36. The number of aromatic nitrogens is 4. The van der Waals surface area contributed by atoms with Crippen molar-refractivity contribution in [1.29, 1.82) is 0 Å². The van der Waals surface area contributed by atoms with Crippen LogP contribution >= 0.6 is 0 Å². The summed E-state index contributed by atoms with van der Waals surface area (Å²) in [5.41, 5.74) is 1.50. The summed E-state index contributed by atoms with van der Waals surface area (Å²) in [6.45, 7) is 1.60. The first-order valence-electron chi connectivity index (χ1n) is 7.24. The number of nitrogens with zero attached hydrogens (tertiary/aromatic N) is 5. The SMILES string of the molecule is COc1ccc(C=Nn2c(-c3ccncc3)nnc(C)c2=O)cc1. The molecule has 0 spiro atoms. The fraction of sp³-hybridized carbons (Fsp3) is 0.118. The number of ether oxygens (including phenoxy) is 1. The quantitative estimate of drug-likeness (QED) is 0.685. The Morgan fingerprint density at radius 1 is 1.08 bits per heavy atom. The van der Waals surface area contributed by atoms with Gasteiger partial charge < -0.3 is 4.74 Å². The molecule has 0 N–H and O–H groups in total. The highest BCUT2D eigenvalue weighted by atomic mass is 16.5. The van der Waals surface area contributed by atoms with Crippen molar-refractivity contribution in [1.82, 2.24) is 19.9 Å². The van der Waals surface area contributed by atoms with Crippen LogP contribution in [-0.4, -0.2) is 33.2 Å². The molecule has 7 heteroatoms. The molecule has 0 fully saturated rings. The van der Waals surface area contributed by atoms with E-state index in [0.29, 0.717) is 11.4 Å². The number of aryl methyl sites for hydroxylation is 1. The summed E-state index contributed by atoms with van der Waals surface area (Å²) in [4.78, 5) is 16.4. The molecule has 2 heterocycles. The first-order valence-corrected chi connectivity index (χ1v) is 7.24. The molecule has 0 saturated heterocycles. The zero-order valence-corrected chi connectivity index (χ0v) is 13.2. The fourth-order valence-electron chi connectivity index (χ4n) is 2.06. The molecule has 0 aliphatic carbocycles. The van der Waals surface area contributed by atoms with Crippen LogP contribution in [0.15, 0.2) is 58.7 Å². The van der Waals surface area contributed by atoms with Gasteiger partial charge in [0.1, 0.15) is 11.4 Å². The number of rotatable bonds is 4. The number of hydrogen-bond donors (Lipinski definition) is 0. The van der Waals surface area contributed by atoms with Crippen LogP contribution < -0.4 is 10.3 Å². The maximum Gasteiger partial charge on any atom is 0.296 e. The number of benzene rings is 1. The molecular weight excluding hydrogens is 306 g/mol. The number of pyridine rings is 1. The molecule has 0 aliphatic heterocycles. The Bertz CT molecular complexity index is 918. The van der Waals surface area contributed by atoms with Gasteiger partial charge in [-0.05, 0) is 48.9 Å². The van der Waals surface area contributed by atoms with Crippen LogP contribution in [0.4, 0.5) is 0 Å². The molecule has 3 aromatic rings. The van der Waals surface area contributed by atoms with E-state index in [1.807, 2.05) is 24.3 Å². The Morgan fingerprint density at radius 3 is 2.46 bits per heavy atom. The van der Waals surface area contributed by atoms with Gasteiger partial charge in [0.2, 0.25) is 0 Å². The van der Waals surface area contributed by atoms with Gasteiger partial charge in [-0.3, -0.25) is 9.78 Å². The minimum absolute atomic E-state index is 0.277. The lowest BCUT2D eigenvalue weighted by molar-refractivity contribution is 0.415. The Balaban J connectivity index is 2.04. The maximum absolute atomic E-state index is 12.4. The third-order valence-electron chi connectivity index (χ3n) is 3.37. The first-order chi connectivity index (χ1) is 11.7. The van der Waals surface area contributed by atoms with Crippen LogP contribution in [0.2, 0.25) is 0 Å². The average Bonchev–Trinajstić information content (AvgIpc) is 2.64. The standard InChI is InChI=1S/C17H15N5O2/c1-12-17(23)22(16(21-20-12)14-7-9-18-10-8-14)19-11-13-3-5-15(24-2)6-4-13/h3-11H,1-2H3. The van der Waals surface area contributed by atoms with Gasteiger partial charge in [-0.25, -0.2) is 0 Å². The van der Waals surface area contributed by atoms with Crippen molar-refractivity contribution >= 4 is 6.21 Å². The molecule has 1 aromatic carbocycles. The summed E-state index contributed by atoms with van der Waals surface area (Å²) in [6.07, 6.45) is 4.84. The van der Waals surface area contributed by atoms with Crippen molar-refractivity contribution in [3.8, 4) is 17.1 Å². The Kier molecular flexibility index (Phi) is 4.42. The second kappa shape index (κ2) is 6.82. The molecule has 0 aliphatic rings. The van der Waals surface area contributed by atoms with E-state index in [1.165, 1.54) is 4.68 Å². The Hall–Kier alpha value is -3.35. The van der Waals surface area contributed by atoms with E-state index in [-0.39, 0.29) is 11.3 Å². The van der Waals surface area contributed by atoms with Crippen LogP contribution in [0.5, 0.6) is 5.75 Å². The van der Waals surface area contributed by atoms with Crippen molar-refractivity contribution in [2.75, 3.05) is 7.11 Å². The fourth-order valence-corrected chi connectivity index (χ4v) is 2.06. The summed E-state index contributed by atoms with van der Waals surface area (Å²) >= 11 is 0. The molecule has 0 amide bonds. The normalized spacial score (nSPS) is 10.9. The van der Waals surface area contributed by atoms with E-state index in [4.69, 9.17) is 4.74 Å². The molecule has 0 bridgehead atoms. The summed E-state index contributed by atoms with van der Waals surface area (Å²) in [5, 5.41) is 12.3. The second-order valence-electron chi connectivity index (χ2n) is 4.98. The van der Waals surface area contributed by atoms with Crippen LogP contribution in [0, 0.1) is 6.92 Å². The van der Waals surface area contributed by atoms with E-state index in [2.05, 4.69) is 20.3 Å². The van der Waals surface area contributed by atoms with Crippen LogP contribution in [0.25, 0.3) is 11.4 Å². The van der Waals surface area contributed by atoms with Gasteiger partial charge in [0.15, 0.2) is 5.82 Å². The summed E-state index contributed by atoms with van der Waals surface area (Å²) in [5.74, 6) is 1.11. The van der Waals surface area contributed by atoms with E-state index >= 15 is 0 Å². The predicted molar refractivity (Wildman–Crippen MR) is 90.2 cm³/mol.